The van der Waals surface area contributed by atoms with Crippen LogP contribution >= 0.6 is 0 Å². The fourth-order valence-electron chi connectivity index (χ4n) is 8.29. The van der Waals surface area contributed by atoms with Gasteiger partial charge in [-0.05, 0) is 79.7 Å². The van der Waals surface area contributed by atoms with Crippen molar-refractivity contribution in [2.45, 2.75) is 63.4 Å². The Kier molecular flexibility index (Phi) is 2.85. The van der Waals surface area contributed by atoms with E-state index >= 15 is 0 Å². The van der Waals surface area contributed by atoms with Gasteiger partial charge in [-0.1, -0.05) is 36.8 Å². The topological polar surface area (TPSA) is 38.0 Å². The molecule has 7 rings (SSSR count). The first-order chi connectivity index (χ1) is 13.6. The number of aliphatic hydroxyl groups excluding tert-OH is 1. The Hall–Kier alpha value is -1.87. The molecule has 3 heteroatoms. The number of para-hydroxylation sites is 1. The number of allylic oxidation sites excluding steroid dienone is 3. The number of nitrogens with zero attached hydrogens (tertiary/aromatic N) is 2. The molecule has 1 aromatic heterocycles. The summed E-state index contributed by atoms with van der Waals surface area (Å²) in [6, 6.07) is 6.78. The maximum absolute atomic E-state index is 10.2. The number of benzene rings is 1. The lowest BCUT2D eigenvalue weighted by Crippen LogP contribution is -2.51. The van der Waals surface area contributed by atoms with Gasteiger partial charge in [0, 0.05) is 11.1 Å². The molecule has 2 heterocycles. The Bertz CT molecular complexity index is 1080. The van der Waals surface area contributed by atoms with Gasteiger partial charge < -0.3 is 9.67 Å². The lowest BCUT2D eigenvalue weighted by atomic mass is 9.47. The minimum atomic E-state index is -0.114. The summed E-state index contributed by atoms with van der Waals surface area (Å²) in [5.74, 6) is 2.26. The molecule has 1 N–H and O–H groups in total. The Labute approximate surface area is 166 Å². The molecule has 28 heavy (non-hydrogen) atoms. The van der Waals surface area contributed by atoms with Crippen LogP contribution in [-0.4, -0.2) is 20.8 Å². The van der Waals surface area contributed by atoms with E-state index in [4.69, 9.17) is 0 Å². The van der Waals surface area contributed by atoms with E-state index in [0.717, 1.165) is 30.2 Å². The fourth-order valence-corrected chi connectivity index (χ4v) is 8.29. The van der Waals surface area contributed by atoms with Crippen LogP contribution in [0.1, 0.15) is 57.4 Å². The summed E-state index contributed by atoms with van der Waals surface area (Å²) in [7, 11) is 0. The van der Waals surface area contributed by atoms with Crippen molar-refractivity contribution in [3.63, 3.8) is 0 Å². The summed E-state index contributed by atoms with van der Waals surface area (Å²) < 4.78 is 2.41. The molecule has 0 saturated heterocycles. The molecule has 5 aliphatic rings. The van der Waals surface area contributed by atoms with Gasteiger partial charge in [0.1, 0.15) is 6.33 Å². The predicted molar refractivity (Wildman–Crippen MR) is 111 cm³/mol. The Morgan fingerprint density at radius 1 is 1.11 bits per heavy atom. The van der Waals surface area contributed by atoms with Crippen molar-refractivity contribution in [3.8, 4) is 0 Å². The van der Waals surface area contributed by atoms with Crippen LogP contribution in [0.2, 0.25) is 0 Å². The highest BCUT2D eigenvalue weighted by atomic mass is 16.3. The third kappa shape index (κ3) is 1.63. The summed E-state index contributed by atoms with van der Waals surface area (Å²) in [6.07, 6.45) is 15.1. The third-order valence-electron chi connectivity index (χ3n) is 9.49. The average Bonchev–Trinajstić information content (AvgIpc) is 3.35. The standard InChI is InChI=1S/C25H28N2O/c1-24-11-9-16(28)13-15(24)5-6-17-18(24)10-12-25-19(17)7-8-22(25)27-14-26-21-4-2-3-20(25)23(21)27/h2-5,8,14,16-19,28H,6-7,9-13H2,1H3/t16-,17?,18?,19?,24-,25-/m0/s1. The second kappa shape index (κ2) is 4.99. The number of aliphatic hydroxyl groups is 1. The highest BCUT2D eigenvalue weighted by Crippen LogP contribution is 2.68. The van der Waals surface area contributed by atoms with Gasteiger partial charge in [0.05, 0.1) is 17.1 Å². The zero-order valence-electron chi connectivity index (χ0n) is 16.6. The van der Waals surface area contributed by atoms with Crippen molar-refractivity contribution < 1.29 is 5.11 Å². The molecule has 4 aliphatic carbocycles. The molecular weight excluding hydrogens is 344 g/mol. The van der Waals surface area contributed by atoms with Crippen LogP contribution in [0.4, 0.5) is 0 Å². The van der Waals surface area contributed by atoms with Crippen LogP contribution in [0.3, 0.4) is 0 Å². The summed E-state index contributed by atoms with van der Waals surface area (Å²) in [6.45, 7) is 2.52. The molecule has 2 saturated carbocycles. The minimum Gasteiger partial charge on any atom is -0.393 e. The first-order valence-corrected chi connectivity index (χ1v) is 11.2. The second-order valence-corrected chi connectivity index (χ2v) is 10.3. The molecule has 3 nitrogen and oxygen atoms in total. The maximum atomic E-state index is 10.2. The van der Waals surface area contributed by atoms with Gasteiger partial charge in [-0.15, -0.1) is 0 Å². The average molecular weight is 373 g/mol. The molecule has 0 radical (unpaired) electrons. The first kappa shape index (κ1) is 16.0. The normalized spacial score (nSPS) is 43.1. The lowest BCUT2D eigenvalue weighted by molar-refractivity contribution is -0.00841. The molecule has 0 amide bonds. The zero-order chi connectivity index (χ0) is 18.7. The van der Waals surface area contributed by atoms with Gasteiger partial charge in [-0.25, -0.2) is 4.98 Å². The molecule has 0 bridgehead atoms. The van der Waals surface area contributed by atoms with Gasteiger partial charge in [0.25, 0.3) is 0 Å². The molecule has 2 fully saturated rings. The Morgan fingerprint density at radius 3 is 2.96 bits per heavy atom. The van der Waals surface area contributed by atoms with E-state index in [1.807, 2.05) is 0 Å². The molecular formula is C25H28N2O. The van der Waals surface area contributed by atoms with Crippen LogP contribution in [0.25, 0.3) is 16.7 Å². The van der Waals surface area contributed by atoms with Crippen LogP contribution in [0.15, 0.2) is 42.3 Å². The van der Waals surface area contributed by atoms with Gasteiger partial charge in [0.15, 0.2) is 0 Å². The van der Waals surface area contributed by atoms with Crippen molar-refractivity contribution in [1.29, 1.82) is 0 Å². The number of aromatic nitrogens is 2. The van der Waals surface area contributed by atoms with Crippen molar-refractivity contribution >= 4 is 16.7 Å². The number of fused-ring (bicyclic) bond motifs is 5. The van der Waals surface area contributed by atoms with Gasteiger partial charge in [0.2, 0.25) is 0 Å². The van der Waals surface area contributed by atoms with Crippen LogP contribution < -0.4 is 0 Å². The van der Waals surface area contributed by atoms with Gasteiger partial charge >= 0.3 is 0 Å². The second-order valence-electron chi connectivity index (χ2n) is 10.3. The third-order valence-corrected chi connectivity index (χ3v) is 9.49. The van der Waals surface area contributed by atoms with E-state index in [-0.39, 0.29) is 11.5 Å². The van der Waals surface area contributed by atoms with Crippen LogP contribution in [0, 0.1) is 23.2 Å². The number of hydrogen-bond donors (Lipinski definition) is 1. The molecule has 3 unspecified atom stereocenters. The SMILES string of the molecule is C[C@]12CC[C@H](O)CC1=CCC1C2CC[C@]23C(=CCC12)n1cnc2cccc3c21. The molecule has 144 valence electrons. The zero-order valence-corrected chi connectivity index (χ0v) is 16.6. The van der Waals surface area contributed by atoms with E-state index in [2.05, 4.69) is 53.2 Å². The van der Waals surface area contributed by atoms with E-state index < -0.39 is 0 Å². The van der Waals surface area contributed by atoms with Crippen molar-refractivity contribution in [1.82, 2.24) is 9.55 Å². The Morgan fingerprint density at radius 2 is 2.04 bits per heavy atom. The molecule has 1 aliphatic heterocycles. The summed E-state index contributed by atoms with van der Waals surface area (Å²) in [4.78, 5) is 4.67. The van der Waals surface area contributed by atoms with Crippen LogP contribution in [-0.2, 0) is 5.41 Å². The minimum absolute atomic E-state index is 0.114. The molecule has 6 atom stereocenters. The number of hydrogen-bond acceptors (Lipinski definition) is 2. The molecule has 1 aromatic carbocycles. The van der Waals surface area contributed by atoms with E-state index in [1.165, 1.54) is 43.3 Å². The summed E-state index contributed by atoms with van der Waals surface area (Å²) in [5, 5.41) is 10.2. The largest absolute Gasteiger partial charge is 0.393 e. The maximum Gasteiger partial charge on any atom is 0.100 e. The Balaban J connectivity index is 1.36. The highest BCUT2D eigenvalue weighted by Gasteiger charge is 2.61. The smallest absolute Gasteiger partial charge is 0.100 e. The van der Waals surface area contributed by atoms with Crippen molar-refractivity contribution in [3.05, 3.63) is 47.8 Å². The quantitative estimate of drug-likeness (QED) is 0.657. The fraction of sp³-hybridized carbons (Fsp3) is 0.560. The van der Waals surface area contributed by atoms with Crippen molar-refractivity contribution in [2.24, 2.45) is 23.2 Å². The highest BCUT2D eigenvalue weighted by molar-refractivity contribution is 5.93. The number of rotatable bonds is 0. The van der Waals surface area contributed by atoms with Gasteiger partial charge in [-0.3, -0.25) is 0 Å². The molecule has 1 spiro atoms. The van der Waals surface area contributed by atoms with Gasteiger partial charge in [-0.2, -0.15) is 0 Å². The van der Waals surface area contributed by atoms with E-state index in [0.29, 0.717) is 11.3 Å². The van der Waals surface area contributed by atoms with E-state index in [9.17, 15) is 5.11 Å². The first-order valence-electron chi connectivity index (χ1n) is 11.2. The van der Waals surface area contributed by atoms with Crippen molar-refractivity contribution in [2.75, 3.05) is 0 Å². The van der Waals surface area contributed by atoms with E-state index in [1.54, 1.807) is 11.1 Å². The summed E-state index contributed by atoms with van der Waals surface area (Å²) in [5.41, 5.74) is 7.70. The predicted octanol–water partition coefficient (Wildman–Crippen LogP) is 5.06. The van der Waals surface area contributed by atoms with Crippen LogP contribution in [0.5, 0.6) is 0 Å². The monoisotopic (exact) mass is 372 g/mol. The number of imidazole rings is 1. The summed E-state index contributed by atoms with van der Waals surface area (Å²) >= 11 is 0. The lowest BCUT2D eigenvalue weighted by Gasteiger charge is -2.57. The molecule has 2 aromatic rings.